The molecule has 1 unspecified atom stereocenters. The van der Waals surface area contributed by atoms with Crippen molar-refractivity contribution >= 4 is 23.5 Å². The van der Waals surface area contributed by atoms with Crippen molar-refractivity contribution < 1.29 is 19.1 Å². The van der Waals surface area contributed by atoms with E-state index in [9.17, 15) is 9.59 Å². The molecule has 0 N–H and O–H groups in total. The van der Waals surface area contributed by atoms with Crippen molar-refractivity contribution in [2.75, 3.05) is 12.5 Å². The summed E-state index contributed by atoms with van der Waals surface area (Å²) in [5, 5.41) is 0. The molecule has 0 aromatic carbocycles. The van der Waals surface area contributed by atoms with E-state index in [0.29, 0.717) is 6.61 Å². The Bertz CT molecular complexity index is 331. The summed E-state index contributed by atoms with van der Waals surface area (Å²) in [6.07, 6.45) is 9.31. The van der Waals surface area contributed by atoms with E-state index >= 15 is 0 Å². The SMILES string of the molecule is CC(C)C(C)OC(=O)CCC(=O)OCCCCCCCCCCCl. The average Bonchev–Trinajstić information content (AvgIpc) is 2.54. The van der Waals surface area contributed by atoms with Gasteiger partial charge < -0.3 is 9.47 Å². The molecule has 0 bridgehead atoms. The third-order valence-corrected chi connectivity index (χ3v) is 4.35. The first-order valence-corrected chi connectivity index (χ1v) is 9.92. The molecular formula is C19H35ClO4. The minimum atomic E-state index is -0.331. The molecule has 0 heterocycles. The van der Waals surface area contributed by atoms with E-state index in [4.69, 9.17) is 21.1 Å². The highest BCUT2D eigenvalue weighted by Crippen LogP contribution is 2.10. The van der Waals surface area contributed by atoms with Crippen LogP contribution in [0.15, 0.2) is 0 Å². The van der Waals surface area contributed by atoms with Gasteiger partial charge in [-0.15, -0.1) is 11.6 Å². The largest absolute Gasteiger partial charge is 0.466 e. The van der Waals surface area contributed by atoms with Crippen LogP contribution in [0, 0.1) is 5.92 Å². The van der Waals surface area contributed by atoms with Crippen LogP contribution in [0.2, 0.25) is 0 Å². The van der Waals surface area contributed by atoms with Crippen molar-refractivity contribution in [2.24, 2.45) is 5.92 Å². The maximum absolute atomic E-state index is 11.6. The number of unbranched alkanes of at least 4 members (excludes halogenated alkanes) is 7. The Hall–Kier alpha value is -0.770. The number of alkyl halides is 1. The molecule has 0 saturated carbocycles. The zero-order valence-corrected chi connectivity index (χ0v) is 16.4. The van der Waals surface area contributed by atoms with Gasteiger partial charge in [0.1, 0.15) is 6.10 Å². The fourth-order valence-corrected chi connectivity index (χ4v) is 2.31. The molecule has 0 aliphatic carbocycles. The Morgan fingerprint density at radius 2 is 1.29 bits per heavy atom. The van der Waals surface area contributed by atoms with E-state index < -0.39 is 0 Å². The number of carbonyl (C=O) groups is 2. The van der Waals surface area contributed by atoms with Gasteiger partial charge in [-0.25, -0.2) is 0 Å². The lowest BCUT2D eigenvalue weighted by Crippen LogP contribution is -2.20. The quantitative estimate of drug-likeness (QED) is 0.226. The van der Waals surface area contributed by atoms with Gasteiger partial charge in [-0.05, 0) is 25.7 Å². The Balaban J connectivity index is 3.42. The molecule has 0 aromatic heterocycles. The monoisotopic (exact) mass is 362 g/mol. The number of hydrogen-bond acceptors (Lipinski definition) is 4. The molecule has 0 fully saturated rings. The fourth-order valence-electron chi connectivity index (χ4n) is 2.12. The van der Waals surface area contributed by atoms with Gasteiger partial charge in [0, 0.05) is 5.88 Å². The summed E-state index contributed by atoms with van der Waals surface area (Å²) >= 11 is 5.63. The topological polar surface area (TPSA) is 52.6 Å². The molecule has 24 heavy (non-hydrogen) atoms. The van der Waals surface area contributed by atoms with Crippen molar-refractivity contribution in [3.63, 3.8) is 0 Å². The highest BCUT2D eigenvalue weighted by molar-refractivity contribution is 6.17. The Kier molecular flexibility index (Phi) is 15.2. The Morgan fingerprint density at radius 1 is 0.792 bits per heavy atom. The fraction of sp³-hybridized carbons (Fsp3) is 0.895. The molecule has 0 aliphatic rings. The molecule has 5 heteroatoms. The summed E-state index contributed by atoms with van der Waals surface area (Å²) in [4.78, 5) is 23.1. The van der Waals surface area contributed by atoms with Crippen LogP contribution in [0.3, 0.4) is 0 Å². The maximum atomic E-state index is 11.6. The van der Waals surface area contributed by atoms with E-state index in [2.05, 4.69) is 0 Å². The van der Waals surface area contributed by atoms with Gasteiger partial charge in [0.05, 0.1) is 19.4 Å². The minimum Gasteiger partial charge on any atom is -0.466 e. The van der Waals surface area contributed by atoms with Crippen molar-refractivity contribution in [3.05, 3.63) is 0 Å². The molecule has 142 valence electrons. The smallest absolute Gasteiger partial charge is 0.306 e. The number of carbonyl (C=O) groups excluding carboxylic acids is 2. The van der Waals surface area contributed by atoms with Crippen molar-refractivity contribution in [1.29, 1.82) is 0 Å². The van der Waals surface area contributed by atoms with E-state index in [1.807, 2.05) is 20.8 Å². The molecule has 0 amide bonds. The van der Waals surface area contributed by atoms with Crippen LogP contribution in [0.4, 0.5) is 0 Å². The van der Waals surface area contributed by atoms with Gasteiger partial charge in [-0.2, -0.15) is 0 Å². The standard InChI is InChI=1S/C19H35ClO4/c1-16(2)17(3)24-19(22)13-12-18(21)23-15-11-9-7-5-4-6-8-10-14-20/h16-17H,4-15H2,1-3H3. The van der Waals surface area contributed by atoms with Crippen LogP contribution in [-0.2, 0) is 19.1 Å². The highest BCUT2D eigenvalue weighted by atomic mass is 35.5. The van der Waals surface area contributed by atoms with Gasteiger partial charge in [-0.1, -0.05) is 52.4 Å². The first-order chi connectivity index (χ1) is 11.5. The highest BCUT2D eigenvalue weighted by Gasteiger charge is 2.14. The van der Waals surface area contributed by atoms with Crippen molar-refractivity contribution in [2.45, 2.75) is 91.1 Å². The number of esters is 2. The van der Waals surface area contributed by atoms with Crippen LogP contribution in [0.5, 0.6) is 0 Å². The van der Waals surface area contributed by atoms with Crippen LogP contribution >= 0.6 is 11.6 Å². The van der Waals surface area contributed by atoms with Crippen molar-refractivity contribution in [3.8, 4) is 0 Å². The maximum Gasteiger partial charge on any atom is 0.306 e. The second-order valence-corrected chi connectivity index (χ2v) is 7.05. The third kappa shape index (κ3) is 14.8. The molecule has 0 radical (unpaired) electrons. The summed E-state index contributed by atoms with van der Waals surface area (Å²) in [5.41, 5.74) is 0. The third-order valence-electron chi connectivity index (χ3n) is 4.08. The molecule has 0 saturated heterocycles. The summed E-state index contributed by atoms with van der Waals surface area (Å²) in [6.45, 7) is 6.29. The van der Waals surface area contributed by atoms with Gasteiger partial charge >= 0.3 is 11.9 Å². The van der Waals surface area contributed by atoms with Crippen LogP contribution in [0.25, 0.3) is 0 Å². The molecule has 1 atom stereocenters. The predicted octanol–water partition coefficient (Wildman–Crippen LogP) is 5.26. The lowest BCUT2D eigenvalue weighted by atomic mass is 10.1. The van der Waals surface area contributed by atoms with E-state index in [1.54, 1.807) is 0 Å². The summed E-state index contributed by atoms with van der Waals surface area (Å²) < 4.78 is 10.4. The van der Waals surface area contributed by atoms with Crippen LogP contribution < -0.4 is 0 Å². The van der Waals surface area contributed by atoms with E-state index in [-0.39, 0.29) is 36.8 Å². The summed E-state index contributed by atoms with van der Waals surface area (Å²) in [6, 6.07) is 0. The molecule has 0 aromatic rings. The summed E-state index contributed by atoms with van der Waals surface area (Å²) in [7, 11) is 0. The lowest BCUT2D eigenvalue weighted by Gasteiger charge is -2.16. The molecule has 0 rings (SSSR count). The summed E-state index contributed by atoms with van der Waals surface area (Å²) in [5.74, 6) is 0.397. The second-order valence-electron chi connectivity index (χ2n) is 6.68. The zero-order chi connectivity index (χ0) is 18.2. The predicted molar refractivity (Wildman–Crippen MR) is 98.2 cm³/mol. The number of ether oxygens (including phenoxy) is 2. The van der Waals surface area contributed by atoms with Gasteiger partial charge in [-0.3, -0.25) is 9.59 Å². The van der Waals surface area contributed by atoms with E-state index in [0.717, 1.165) is 25.1 Å². The molecule has 0 aliphatic heterocycles. The zero-order valence-electron chi connectivity index (χ0n) is 15.7. The lowest BCUT2D eigenvalue weighted by molar-refractivity contribution is -0.154. The first kappa shape index (κ1) is 23.2. The van der Waals surface area contributed by atoms with Gasteiger partial charge in [0.25, 0.3) is 0 Å². The number of hydrogen-bond donors (Lipinski definition) is 0. The molecular weight excluding hydrogens is 328 g/mol. The molecule has 4 nitrogen and oxygen atoms in total. The first-order valence-electron chi connectivity index (χ1n) is 9.38. The van der Waals surface area contributed by atoms with Gasteiger partial charge in [0.15, 0.2) is 0 Å². The number of rotatable bonds is 15. The minimum absolute atomic E-state index is 0.0954. The number of halogens is 1. The van der Waals surface area contributed by atoms with Crippen LogP contribution in [-0.4, -0.2) is 30.5 Å². The van der Waals surface area contributed by atoms with Crippen LogP contribution in [0.1, 0.15) is 85.0 Å². The molecule has 0 spiro atoms. The Morgan fingerprint density at radius 3 is 1.83 bits per heavy atom. The van der Waals surface area contributed by atoms with Crippen molar-refractivity contribution in [1.82, 2.24) is 0 Å². The average molecular weight is 363 g/mol. The van der Waals surface area contributed by atoms with Gasteiger partial charge in [0.2, 0.25) is 0 Å². The normalized spacial score (nSPS) is 12.2. The Labute approximate surface area is 152 Å². The second kappa shape index (κ2) is 15.7. The van der Waals surface area contributed by atoms with E-state index in [1.165, 1.54) is 32.1 Å².